The number of aromatic amines is 1. The van der Waals surface area contributed by atoms with Gasteiger partial charge in [-0.3, -0.25) is 4.98 Å². The van der Waals surface area contributed by atoms with E-state index in [9.17, 15) is 8.42 Å². The Morgan fingerprint density at radius 1 is 0.971 bits per heavy atom. The van der Waals surface area contributed by atoms with Crippen LogP contribution in [0.2, 0.25) is 0 Å². The van der Waals surface area contributed by atoms with E-state index in [-0.39, 0.29) is 0 Å². The molecule has 1 aromatic carbocycles. The third-order valence-corrected chi connectivity index (χ3v) is 8.76. The van der Waals surface area contributed by atoms with Crippen LogP contribution in [0.4, 0.5) is 5.69 Å². The Balaban J connectivity index is 1.22. The number of likely N-dealkylation sites (tertiary alicyclic amines) is 1. The van der Waals surface area contributed by atoms with Gasteiger partial charge >= 0.3 is 0 Å². The highest BCUT2D eigenvalue weighted by Crippen LogP contribution is 2.29. The van der Waals surface area contributed by atoms with Gasteiger partial charge in [0.15, 0.2) is 9.84 Å². The first-order valence-electron chi connectivity index (χ1n) is 12.8. The van der Waals surface area contributed by atoms with E-state index in [4.69, 9.17) is 0 Å². The molecule has 0 aliphatic carbocycles. The minimum atomic E-state index is -3.23. The molecule has 3 aromatic rings. The van der Waals surface area contributed by atoms with Crippen LogP contribution in [-0.4, -0.2) is 73.8 Å². The van der Waals surface area contributed by atoms with Crippen molar-refractivity contribution in [1.29, 1.82) is 0 Å². The van der Waals surface area contributed by atoms with Gasteiger partial charge in [0.25, 0.3) is 0 Å². The van der Waals surface area contributed by atoms with Crippen LogP contribution in [0.1, 0.15) is 39.5 Å². The van der Waals surface area contributed by atoms with Crippen LogP contribution in [0.15, 0.2) is 47.6 Å². The molecule has 0 atom stereocenters. The number of benzene rings is 1. The largest absolute Gasteiger partial charge is 0.370 e. The van der Waals surface area contributed by atoms with Gasteiger partial charge in [-0.15, -0.1) is 0 Å². The Bertz CT molecular complexity index is 1270. The molecule has 0 radical (unpaired) electrons. The van der Waals surface area contributed by atoms with Crippen molar-refractivity contribution in [3.63, 3.8) is 0 Å². The Morgan fingerprint density at radius 2 is 1.66 bits per heavy atom. The number of fused-ring (bicyclic) bond motifs is 1. The molecule has 8 heteroatoms. The lowest BCUT2D eigenvalue weighted by Crippen LogP contribution is -2.50. The zero-order valence-electron chi connectivity index (χ0n) is 21.0. The summed E-state index contributed by atoms with van der Waals surface area (Å²) >= 11 is 0. The predicted octanol–water partition coefficient (Wildman–Crippen LogP) is 4.06. The fraction of sp³-hybridized carbons (Fsp3) is 0.519. The highest BCUT2D eigenvalue weighted by atomic mass is 32.2. The fourth-order valence-corrected chi connectivity index (χ4v) is 6.12. The molecule has 188 valence electrons. The Labute approximate surface area is 208 Å². The Kier molecular flexibility index (Phi) is 6.88. The van der Waals surface area contributed by atoms with Gasteiger partial charge in [0.1, 0.15) is 0 Å². The molecule has 35 heavy (non-hydrogen) atoms. The molecule has 0 spiro atoms. The van der Waals surface area contributed by atoms with Gasteiger partial charge in [-0.25, -0.2) is 8.42 Å². The summed E-state index contributed by atoms with van der Waals surface area (Å²) in [5, 5.41) is 4.83. The first-order valence-corrected chi connectivity index (χ1v) is 14.7. The summed E-state index contributed by atoms with van der Waals surface area (Å²) in [5.74, 6) is 0. The number of nitrogens with one attached hydrogen (secondary N) is 2. The maximum absolute atomic E-state index is 11.9. The molecule has 2 N–H and O–H groups in total. The van der Waals surface area contributed by atoms with E-state index < -0.39 is 9.84 Å². The summed E-state index contributed by atoms with van der Waals surface area (Å²) in [5.41, 5.74) is 4.02. The van der Waals surface area contributed by atoms with Crippen LogP contribution < -0.4 is 10.2 Å². The second-order valence-electron chi connectivity index (χ2n) is 10.5. The quantitative estimate of drug-likeness (QED) is 0.537. The van der Waals surface area contributed by atoms with Crippen LogP contribution in [0, 0.1) is 0 Å². The minimum Gasteiger partial charge on any atom is -0.370 e. The van der Waals surface area contributed by atoms with Crippen LogP contribution in [-0.2, 0) is 9.84 Å². The maximum Gasteiger partial charge on any atom is 0.175 e. The standard InChI is InChI=1S/C27H37N5O2S/c1-19(2)31-10-6-22(7-11-31)29-23-8-12-32(13-9-23)24-14-21(17-28-18-24)27-16-20-15-25(35(3,33)34)4-5-26(20)30-27/h4-5,14-19,22-23,29-30H,6-13H2,1-3H3. The van der Waals surface area contributed by atoms with Gasteiger partial charge in [-0.05, 0) is 83.0 Å². The molecule has 2 saturated heterocycles. The van der Waals surface area contributed by atoms with Crippen molar-refractivity contribution < 1.29 is 8.42 Å². The summed E-state index contributed by atoms with van der Waals surface area (Å²) < 4.78 is 23.8. The van der Waals surface area contributed by atoms with Gasteiger partial charge in [0.05, 0.1) is 16.8 Å². The number of hydrogen-bond acceptors (Lipinski definition) is 6. The summed E-state index contributed by atoms with van der Waals surface area (Å²) in [6.07, 6.45) is 9.85. The van der Waals surface area contributed by atoms with Crippen molar-refractivity contribution in [2.75, 3.05) is 37.3 Å². The smallest absolute Gasteiger partial charge is 0.175 e. The zero-order chi connectivity index (χ0) is 24.6. The molecular weight excluding hydrogens is 458 g/mol. The second kappa shape index (κ2) is 9.91. The van der Waals surface area contributed by atoms with Crippen molar-refractivity contribution in [3.05, 3.63) is 42.7 Å². The minimum absolute atomic E-state index is 0.337. The van der Waals surface area contributed by atoms with Crippen molar-refractivity contribution in [3.8, 4) is 11.3 Å². The lowest BCUT2D eigenvalue weighted by molar-refractivity contribution is 0.154. The van der Waals surface area contributed by atoms with Crippen LogP contribution in [0.5, 0.6) is 0 Å². The summed E-state index contributed by atoms with van der Waals surface area (Å²) in [6, 6.07) is 11.3. The van der Waals surface area contributed by atoms with Gasteiger partial charge in [-0.1, -0.05) is 0 Å². The molecule has 0 amide bonds. The molecular formula is C27H37N5O2S. The fourth-order valence-electron chi connectivity index (χ4n) is 5.47. The van der Waals surface area contributed by atoms with E-state index in [1.165, 1.54) is 32.2 Å². The number of aromatic nitrogens is 2. The number of hydrogen-bond donors (Lipinski definition) is 2. The average molecular weight is 496 g/mol. The normalized spacial score (nSPS) is 19.1. The first kappa shape index (κ1) is 24.3. The molecule has 0 bridgehead atoms. The maximum atomic E-state index is 11.9. The monoisotopic (exact) mass is 495 g/mol. The summed E-state index contributed by atoms with van der Waals surface area (Å²) in [6.45, 7) is 9.04. The van der Waals surface area contributed by atoms with E-state index in [1.54, 1.807) is 12.1 Å². The van der Waals surface area contributed by atoms with E-state index in [0.29, 0.717) is 23.0 Å². The molecule has 0 saturated carbocycles. The van der Waals surface area contributed by atoms with E-state index >= 15 is 0 Å². The van der Waals surface area contributed by atoms with Crippen molar-refractivity contribution in [2.45, 2.75) is 62.6 Å². The highest BCUT2D eigenvalue weighted by molar-refractivity contribution is 7.90. The number of anilines is 1. The third kappa shape index (κ3) is 5.55. The molecule has 4 heterocycles. The number of piperidine rings is 2. The van der Waals surface area contributed by atoms with Crippen LogP contribution in [0.3, 0.4) is 0 Å². The average Bonchev–Trinajstić information content (AvgIpc) is 3.28. The Hall–Kier alpha value is -2.42. The summed E-state index contributed by atoms with van der Waals surface area (Å²) in [7, 11) is -3.23. The Morgan fingerprint density at radius 3 is 2.31 bits per heavy atom. The molecule has 2 fully saturated rings. The topological polar surface area (TPSA) is 81.3 Å². The van der Waals surface area contributed by atoms with E-state index in [0.717, 1.165) is 53.8 Å². The number of sulfone groups is 1. The zero-order valence-corrected chi connectivity index (χ0v) is 21.8. The number of nitrogens with zero attached hydrogens (tertiary/aromatic N) is 3. The van der Waals surface area contributed by atoms with Crippen molar-refractivity contribution >= 4 is 26.4 Å². The number of pyridine rings is 1. The third-order valence-electron chi connectivity index (χ3n) is 7.65. The van der Waals surface area contributed by atoms with Gasteiger partial charge in [0.2, 0.25) is 0 Å². The van der Waals surface area contributed by atoms with Crippen molar-refractivity contribution in [1.82, 2.24) is 20.2 Å². The highest BCUT2D eigenvalue weighted by Gasteiger charge is 2.25. The van der Waals surface area contributed by atoms with Gasteiger partial charge in [-0.2, -0.15) is 0 Å². The first-order chi connectivity index (χ1) is 16.8. The molecule has 2 aliphatic heterocycles. The van der Waals surface area contributed by atoms with E-state index in [1.807, 2.05) is 24.5 Å². The van der Waals surface area contributed by atoms with E-state index in [2.05, 4.69) is 45.0 Å². The molecule has 5 rings (SSSR count). The van der Waals surface area contributed by atoms with Crippen LogP contribution in [0.25, 0.3) is 22.2 Å². The molecule has 7 nitrogen and oxygen atoms in total. The van der Waals surface area contributed by atoms with Gasteiger partial charge < -0.3 is 20.1 Å². The van der Waals surface area contributed by atoms with Crippen LogP contribution >= 0.6 is 0 Å². The second-order valence-corrected chi connectivity index (χ2v) is 12.5. The van der Waals surface area contributed by atoms with Gasteiger partial charge in [0, 0.05) is 65.8 Å². The predicted molar refractivity (Wildman–Crippen MR) is 143 cm³/mol. The number of rotatable bonds is 6. The molecule has 2 aliphatic rings. The molecule has 2 aromatic heterocycles. The van der Waals surface area contributed by atoms with Crippen molar-refractivity contribution in [2.24, 2.45) is 0 Å². The molecule has 0 unspecified atom stereocenters. The SMILES string of the molecule is CC(C)N1CCC(NC2CCN(c3cncc(-c4cc5cc(S(C)(=O)=O)ccc5[nH]4)c3)CC2)CC1. The lowest BCUT2D eigenvalue weighted by atomic mass is 9.98. The lowest BCUT2D eigenvalue weighted by Gasteiger charge is -2.39. The number of H-pyrrole nitrogens is 1. The summed E-state index contributed by atoms with van der Waals surface area (Å²) in [4.78, 5) is 13.3.